The predicted octanol–water partition coefficient (Wildman–Crippen LogP) is 1.88. The van der Waals surface area contributed by atoms with Gasteiger partial charge in [0.05, 0.1) is 19.6 Å². The van der Waals surface area contributed by atoms with Gasteiger partial charge >= 0.3 is 5.97 Å². The van der Waals surface area contributed by atoms with Crippen molar-refractivity contribution in [3.05, 3.63) is 29.8 Å². The average Bonchev–Trinajstić information content (AvgIpc) is 2.69. The fraction of sp³-hybridized carbons (Fsp3) is 0.524. The first kappa shape index (κ1) is 23.6. The zero-order valence-corrected chi connectivity index (χ0v) is 18.4. The number of esters is 1. The molecular weight excluding hydrogens is 406 g/mol. The maximum atomic E-state index is 12.7. The number of nitrogens with one attached hydrogen (secondary N) is 2. The quantitative estimate of drug-likeness (QED) is 0.475. The summed E-state index contributed by atoms with van der Waals surface area (Å²) in [5.41, 5.74) is 0.391. The molecule has 2 N–H and O–H groups in total. The van der Waals surface area contributed by atoms with Crippen molar-refractivity contribution < 1.29 is 23.9 Å². The Morgan fingerprint density at radius 3 is 2.83 bits per heavy atom. The van der Waals surface area contributed by atoms with Gasteiger partial charge in [-0.2, -0.15) is 0 Å². The first-order valence-corrected chi connectivity index (χ1v) is 10.5. The van der Waals surface area contributed by atoms with Gasteiger partial charge in [-0.05, 0) is 49.7 Å². The topological polar surface area (TPSA) is 97.0 Å². The highest BCUT2D eigenvalue weighted by Gasteiger charge is 2.34. The minimum atomic E-state index is -0.823. The van der Waals surface area contributed by atoms with Gasteiger partial charge in [-0.3, -0.25) is 19.7 Å². The molecule has 1 heterocycles. The van der Waals surface area contributed by atoms with Crippen LogP contribution in [-0.2, 0) is 14.3 Å². The molecule has 1 unspecified atom stereocenters. The lowest BCUT2D eigenvalue weighted by Crippen LogP contribution is -2.60. The maximum Gasteiger partial charge on any atom is 0.308 e. The molecule has 0 spiro atoms. The lowest BCUT2D eigenvalue weighted by molar-refractivity contribution is -0.147. The number of carbonyl (C=O) groups is 3. The summed E-state index contributed by atoms with van der Waals surface area (Å²) >= 11 is 5.36. The fourth-order valence-electron chi connectivity index (χ4n) is 2.92. The number of thiocarbonyl (C=S) groups is 1. The molecular formula is C21H29N3O5S. The summed E-state index contributed by atoms with van der Waals surface area (Å²) in [6.45, 7) is 7.47. The number of ether oxygens (including phenoxy) is 2. The first-order valence-electron chi connectivity index (χ1n) is 10.1. The molecule has 1 aliphatic rings. The fourth-order valence-corrected chi connectivity index (χ4v) is 3.23. The average molecular weight is 436 g/mol. The maximum absolute atomic E-state index is 12.7. The van der Waals surface area contributed by atoms with Crippen LogP contribution in [0.3, 0.4) is 0 Å². The molecule has 30 heavy (non-hydrogen) atoms. The van der Waals surface area contributed by atoms with Crippen LogP contribution in [0.2, 0.25) is 0 Å². The molecule has 164 valence electrons. The van der Waals surface area contributed by atoms with E-state index >= 15 is 0 Å². The zero-order chi connectivity index (χ0) is 22.1. The summed E-state index contributed by atoms with van der Waals surface area (Å²) in [5, 5.41) is 5.45. The summed E-state index contributed by atoms with van der Waals surface area (Å²) in [6.07, 6.45) is 0.772. The molecule has 8 nitrogen and oxygen atoms in total. The molecule has 1 aromatic rings. The van der Waals surface area contributed by atoms with Crippen molar-refractivity contribution in [2.45, 2.75) is 39.7 Å². The van der Waals surface area contributed by atoms with Crippen molar-refractivity contribution in [1.29, 1.82) is 0 Å². The second-order valence-corrected chi connectivity index (χ2v) is 7.71. The van der Waals surface area contributed by atoms with Crippen LogP contribution in [0.1, 0.15) is 44.0 Å². The number of hydrogen-bond donors (Lipinski definition) is 2. The number of hydrogen-bond acceptors (Lipinski definition) is 6. The smallest absolute Gasteiger partial charge is 0.308 e. The van der Waals surface area contributed by atoms with Gasteiger partial charge in [0.25, 0.3) is 5.91 Å². The molecule has 9 heteroatoms. The Morgan fingerprint density at radius 1 is 1.37 bits per heavy atom. The molecule has 2 amide bonds. The van der Waals surface area contributed by atoms with E-state index in [0.717, 1.165) is 6.42 Å². The van der Waals surface area contributed by atoms with Crippen molar-refractivity contribution in [2.75, 3.05) is 26.3 Å². The van der Waals surface area contributed by atoms with E-state index in [2.05, 4.69) is 24.5 Å². The predicted molar refractivity (Wildman–Crippen MR) is 116 cm³/mol. The monoisotopic (exact) mass is 435 g/mol. The Bertz CT molecular complexity index is 784. The molecule has 1 atom stereocenters. The number of carbonyl (C=O) groups excluding carboxylic acids is 3. The van der Waals surface area contributed by atoms with E-state index in [4.69, 9.17) is 21.7 Å². The first-order chi connectivity index (χ1) is 14.3. The normalized spacial score (nSPS) is 16.1. The Morgan fingerprint density at radius 2 is 2.13 bits per heavy atom. The van der Waals surface area contributed by atoms with Crippen molar-refractivity contribution in [2.24, 2.45) is 5.92 Å². The van der Waals surface area contributed by atoms with Crippen LogP contribution >= 0.6 is 12.2 Å². The molecule has 1 aliphatic heterocycles. The van der Waals surface area contributed by atoms with Crippen LogP contribution in [0.4, 0.5) is 0 Å². The third kappa shape index (κ3) is 6.98. The number of benzene rings is 1. The second kappa shape index (κ2) is 11.5. The molecule has 1 aromatic carbocycles. The number of amides is 2. The van der Waals surface area contributed by atoms with Crippen LogP contribution < -0.4 is 15.4 Å². The lowest BCUT2D eigenvalue weighted by atomic mass is 10.1. The van der Waals surface area contributed by atoms with E-state index in [-0.39, 0.29) is 24.0 Å². The molecule has 0 radical (unpaired) electrons. The molecule has 0 bridgehead atoms. The van der Waals surface area contributed by atoms with Crippen LogP contribution in [0, 0.1) is 5.92 Å². The minimum absolute atomic E-state index is 0.0928. The zero-order valence-electron chi connectivity index (χ0n) is 17.6. The van der Waals surface area contributed by atoms with Crippen LogP contribution in [-0.4, -0.2) is 60.1 Å². The van der Waals surface area contributed by atoms with Crippen molar-refractivity contribution in [3.63, 3.8) is 0 Å². The molecule has 1 saturated heterocycles. The minimum Gasteiger partial charge on any atom is -0.494 e. The standard InChI is InChI=1S/C21H29N3O5S/c1-4-28-18(25)13-17-20(27)22-9-10-24(17)21(30)23-19(26)15-6-5-7-16(12-15)29-11-8-14(2)3/h5-7,12,14,17H,4,8-11,13H2,1-3H3,(H,22,27)(H,23,26,30). The van der Waals surface area contributed by atoms with Crippen LogP contribution in [0.5, 0.6) is 5.75 Å². The molecule has 1 fully saturated rings. The molecule has 2 rings (SSSR count). The summed E-state index contributed by atoms with van der Waals surface area (Å²) in [7, 11) is 0. The van der Waals surface area contributed by atoms with Gasteiger partial charge < -0.3 is 19.7 Å². The van der Waals surface area contributed by atoms with Crippen molar-refractivity contribution in [1.82, 2.24) is 15.5 Å². The highest BCUT2D eigenvalue weighted by Crippen LogP contribution is 2.15. The van der Waals surface area contributed by atoms with Gasteiger partial charge in [0, 0.05) is 18.7 Å². The Labute approximate surface area is 182 Å². The molecule has 0 aromatic heterocycles. The van der Waals surface area contributed by atoms with Gasteiger partial charge in [-0.15, -0.1) is 0 Å². The van der Waals surface area contributed by atoms with Gasteiger partial charge in [-0.1, -0.05) is 19.9 Å². The van der Waals surface area contributed by atoms with E-state index in [0.29, 0.717) is 36.9 Å². The largest absolute Gasteiger partial charge is 0.494 e. The van der Waals surface area contributed by atoms with Crippen molar-refractivity contribution >= 4 is 35.1 Å². The molecule has 0 saturated carbocycles. The van der Waals surface area contributed by atoms with Crippen LogP contribution in [0.15, 0.2) is 24.3 Å². The summed E-state index contributed by atoms with van der Waals surface area (Å²) in [6, 6.07) is 6.01. The van der Waals surface area contributed by atoms with Crippen molar-refractivity contribution in [3.8, 4) is 5.75 Å². The van der Waals surface area contributed by atoms with E-state index in [1.807, 2.05) is 0 Å². The lowest BCUT2D eigenvalue weighted by Gasteiger charge is -2.36. The van der Waals surface area contributed by atoms with Gasteiger partial charge in [0.15, 0.2) is 5.11 Å². The Kier molecular flexibility index (Phi) is 9.04. The Balaban J connectivity index is 2.01. The summed E-state index contributed by atoms with van der Waals surface area (Å²) < 4.78 is 10.6. The van der Waals surface area contributed by atoms with Gasteiger partial charge in [0.1, 0.15) is 11.8 Å². The second-order valence-electron chi connectivity index (χ2n) is 7.33. The number of piperazine rings is 1. The van der Waals surface area contributed by atoms with Gasteiger partial charge in [0.2, 0.25) is 5.91 Å². The van der Waals surface area contributed by atoms with E-state index in [1.165, 1.54) is 0 Å². The summed E-state index contributed by atoms with van der Waals surface area (Å²) in [4.78, 5) is 38.3. The third-order valence-corrected chi connectivity index (χ3v) is 4.87. The van der Waals surface area contributed by atoms with Crippen LogP contribution in [0.25, 0.3) is 0 Å². The van der Waals surface area contributed by atoms with Gasteiger partial charge in [-0.25, -0.2) is 0 Å². The summed E-state index contributed by atoms with van der Waals surface area (Å²) in [5.74, 6) is -0.101. The highest BCUT2D eigenvalue weighted by atomic mass is 32.1. The molecule has 0 aliphatic carbocycles. The third-order valence-electron chi connectivity index (χ3n) is 4.54. The number of rotatable bonds is 8. The van der Waals surface area contributed by atoms with E-state index < -0.39 is 17.9 Å². The van der Waals surface area contributed by atoms with E-state index in [1.54, 1.807) is 36.1 Å². The van der Waals surface area contributed by atoms with E-state index in [9.17, 15) is 14.4 Å². The Hall–Kier alpha value is -2.68. The number of nitrogens with zero attached hydrogens (tertiary/aromatic N) is 1. The SMILES string of the molecule is CCOC(=O)CC1C(=O)NCCN1C(=S)NC(=O)c1cccc(OCCC(C)C)c1. The highest BCUT2D eigenvalue weighted by molar-refractivity contribution is 7.80.